The summed E-state index contributed by atoms with van der Waals surface area (Å²) in [5.74, 6) is 0.625. The first-order chi connectivity index (χ1) is 11.8. The maximum Gasteiger partial charge on any atom is 0.253 e. The molecule has 0 bridgehead atoms. The van der Waals surface area contributed by atoms with Crippen LogP contribution in [-0.4, -0.2) is 49.9 Å². The lowest BCUT2D eigenvalue weighted by Crippen LogP contribution is -2.45. The van der Waals surface area contributed by atoms with Gasteiger partial charge in [-0.25, -0.2) is 0 Å². The topological polar surface area (TPSA) is 52.7 Å². The highest BCUT2D eigenvalue weighted by Crippen LogP contribution is 2.21. The van der Waals surface area contributed by atoms with Crippen molar-refractivity contribution >= 4 is 17.5 Å². The van der Waals surface area contributed by atoms with Crippen molar-refractivity contribution in [3.05, 3.63) is 29.8 Å². The van der Waals surface area contributed by atoms with Crippen LogP contribution in [0.15, 0.2) is 24.3 Å². The van der Waals surface area contributed by atoms with E-state index in [9.17, 15) is 9.59 Å². The van der Waals surface area contributed by atoms with Crippen molar-refractivity contribution in [3.63, 3.8) is 0 Å². The van der Waals surface area contributed by atoms with Gasteiger partial charge in [0, 0.05) is 50.4 Å². The zero-order valence-corrected chi connectivity index (χ0v) is 16.1. The lowest BCUT2D eigenvalue weighted by Gasteiger charge is -2.32. The van der Waals surface area contributed by atoms with Gasteiger partial charge < -0.3 is 15.1 Å². The van der Waals surface area contributed by atoms with E-state index in [0.29, 0.717) is 24.6 Å². The number of hydrogen-bond acceptors (Lipinski definition) is 3. The third-order valence-electron chi connectivity index (χ3n) is 5.15. The number of amides is 2. The molecule has 0 aromatic heterocycles. The summed E-state index contributed by atoms with van der Waals surface area (Å²) in [5, 5.41) is 3.09. The van der Waals surface area contributed by atoms with Crippen LogP contribution in [0.25, 0.3) is 0 Å². The van der Waals surface area contributed by atoms with E-state index >= 15 is 0 Å². The Morgan fingerprint density at radius 2 is 1.64 bits per heavy atom. The van der Waals surface area contributed by atoms with Gasteiger partial charge in [0.05, 0.1) is 0 Å². The molecule has 25 heavy (non-hydrogen) atoms. The average molecular weight is 345 g/mol. The number of rotatable bonds is 5. The van der Waals surface area contributed by atoms with Crippen molar-refractivity contribution in [3.8, 4) is 0 Å². The summed E-state index contributed by atoms with van der Waals surface area (Å²) >= 11 is 0. The largest absolute Gasteiger partial charge is 0.378 e. The molecule has 5 nitrogen and oxygen atoms in total. The van der Waals surface area contributed by atoms with Gasteiger partial charge in [-0.3, -0.25) is 9.59 Å². The molecule has 1 aliphatic rings. The van der Waals surface area contributed by atoms with Gasteiger partial charge in [0.15, 0.2) is 0 Å². The Morgan fingerprint density at radius 3 is 2.12 bits per heavy atom. The minimum absolute atomic E-state index is 0.0152. The Morgan fingerprint density at radius 1 is 1.08 bits per heavy atom. The van der Waals surface area contributed by atoms with Crippen molar-refractivity contribution in [2.24, 2.45) is 11.8 Å². The lowest BCUT2D eigenvalue weighted by molar-refractivity contribution is -0.127. The molecule has 1 saturated heterocycles. The molecule has 0 aliphatic carbocycles. The SMILES string of the molecule is CC(C)C(C)NC(=O)C1CCN(C(=O)c2ccc(N(C)C)cc2)CC1. The summed E-state index contributed by atoms with van der Waals surface area (Å²) < 4.78 is 0. The van der Waals surface area contributed by atoms with Crippen LogP contribution in [0, 0.1) is 11.8 Å². The van der Waals surface area contributed by atoms with Gasteiger partial charge in [-0.2, -0.15) is 0 Å². The lowest BCUT2D eigenvalue weighted by atomic mass is 9.94. The number of nitrogens with one attached hydrogen (secondary N) is 1. The molecule has 2 amide bonds. The fourth-order valence-electron chi connectivity index (χ4n) is 2.94. The number of likely N-dealkylation sites (tertiary alicyclic amines) is 1. The van der Waals surface area contributed by atoms with Gasteiger partial charge in [-0.1, -0.05) is 13.8 Å². The summed E-state index contributed by atoms with van der Waals surface area (Å²) in [6.07, 6.45) is 1.47. The Kier molecular flexibility index (Phi) is 6.45. The van der Waals surface area contributed by atoms with Crippen molar-refractivity contribution in [1.82, 2.24) is 10.2 Å². The third kappa shape index (κ3) is 4.97. The van der Waals surface area contributed by atoms with Gasteiger partial charge in [-0.15, -0.1) is 0 Å². The highest BCUT2D eigenvalue weighted by Gasteiger charge is 2.28. The molecule has 1 N–H and O–H groups in total. The zero-order chi connectivity index (χ0) is 18.6. The smallest absolute Gasteiger partial charge is 0.253 e. The van der Waals surface area contributed by atoms with Gasteiger partial charge in [0.2, 0.25) is 5.91 Å². The van der Waals surface area contributed by atoms with Crippen LogP contribution in [-0.2, 0) is 4.79 Å². The Labute approximate surface area is 151 Å². The van der Waals surface area contributed by atoms with E-state index < -0.39 is 0 Å². The normalized spacial score (nSPS) is 16.6. The second-order valence-electron chi connectivity index (χ2n) is 7.55. The maximum atomic E-state index is 12.6. The minimum Gasteiger partial charge on any atom is -0.378 e. The first-order valence-electron chi connectivity index (χ1n) is 9.16. The number of nitrogens with zero attached hydrogens (tertiary/aromatic N) is 2. The molecule has 1 fully saturated rings. The van der Waals surface area contributed by atoms with Crippen LogP contribution in [0.5, 0.6) is 0 Å². The number of piperidine rings is 1. The molecule has 1 heterocycles. The van der Waals surface area contributed by atoms with E-state index in [1.165, 1.54) is 0 Å². The van der Waals surface area contributed by atoms with Gasteiger partial charge >= 0.3 is 0 Å². The summed E-state index contributed by atoms with van der Waals surface area (Å²) in [6.45, 7) is 7.53. The molecule has 1 unspecified atom stereocenters. The second-order valence-corrected chi connectivity index (χ2v) is 7.55. The monoisotopic (exact) mass is 345 g/mol. The van der Waals surface area contributed by atoms with Crippen LogP contribution in [0.3, 0.4) is 0 Å². The quantitative estimate of drug-likeness (QED) is 0.893. The number of carbonyl (C=O) groups excluding carboxylic acids is 2. The highest BCUT2D eigenvalue weighted by atomic mass is 16.2. The van der Waals surface area contributed by atoms with E-state index in [1.807, 2.05) is 55.1 Å². The second kappa shape index (κ2) is 8.37. The fourth-order valence-corrected chi connectivity index (χ4v) is 2.94. The minimum atomic E-state index is 0.0152. The van der Waals surface area contributed by atoms with Gasteiger partial charge in [0.1, 0.15) is 0 Å². The summed E-state index contributed by atoms with van der Waals surface area (Å²) in [7, 11) is 3.96. The third-order valence-corrected chi connectivity index (χ3v) is 5.15. The molecular weight excluding hydrogens is 314 g/mol. The highest BCUT2D eigenvalue weighted by molar-refractivity contribution is 5.94. The van der Waals surface area contributed by atoms with Crippen molar-refractivity contribution in [1.29, 1.82) is 0 Å². The molecule has 1 atom stereocenters. The molecular formula is C20H31N3O2. The van der Waals surface area contributed by atoms with E-state index in [4.69, 9.17) is 0 Å². The molecule has 1 aromatic rings. The van der Waals surface area contributed by atoms with Crippen LogP contribution in [0.1, 0.15) is 44.0 Å². The molecule has 1 aliphatic heterocycles. The van der Waals surface area contributed by atoms with Crippen molar-refractivity contribution < 1.29 is 9.59 Å². The molecule has 0 radical (unpaired) electrons. The fraction of sp³-hybridized carbons (Fsp3) is 0.600. The first kappa shape index (κ1) is 19.3. The number of hydrogen-bond donors (Lipinski definition) is 1. The van der Waals surface area contributed by atoms with Crippen LogP contribution < -0.4 is 10.2 Å². The molecule has 1 aromatic carbocycles. The standard InChI is InChI=1S/C20H31N3O2/c1-14(2)15(3)21-19(24)16-10-12-23(13-11-16)20(25)17-6-8-18(9-7-17)22(4)5/h6-9,14-16H,10-13H2,1-5H3,(H,21,24). The van der Waals surface area contributed by atoms with Crippen LogP contribution in [0.4, 0.5) is 5.69 Å². The molecule has 138 valence electrons. The van der Waals surface area contributed by atoms with Crippen molar-refractivity contribution in [2.45, 2.75) is 39.7 Å². The molecule has 0 spiro atoms. The number of anilines is 1. The summed E-state index contributed by atoms with van der Waals surface area (Å²) in [5.41, 5.74) is 1.79. The average Bonchev–Trinajstić information content (AvgIpc) is 2.61. The number of carbonyl (C=O) groups is 2. The summed E-state index contributed by atoms with van der Waals surface area (Å²) in [6, 6.07) is 7.85. The Hall–Kier alpha value is -2.04. The Bertz CT molecular complexity index is 587. The molecule has 0 saturated carbocycles. The van der Waals surface area contributed by atoms with Gasteiger partial charge in [-0.05, 0) is 49.9 Å². The van der Waals surface area contributed by atoms with E-state index in [1.54, 1.807) is 0 Å². The van der Waals surface area contributed by atoms with Gasteiger partial charge in [0.25, 0.3) is 5.91 Å². The maximum absolute atomic E-state index is 12.6. The van der Waals surface area contributed by atoms with E-state index in [-0.39, 0.29) is 23.8 Å². The predicted molar refractivity (Wildman–Crippen MR) is 102 cm³/mol. The zero-order valence-electron chi connectivity index (χ0n) is 16.1. The number of benzene rings is 1. The predicted octanol–water partition coefficient (Wildman–Crippen LogP) is 2.77. The van der Waals surface area contributed by atoms with E-state index in [2.05, 4.69) is 19.2 Å². The molecule has 2 rings (SSSR count). The van der Waals surface area contributed by atoms with Crippen molar-refractivity contribution in [2.75, 3.05) is 32.1 Å². The molecule has 5 heteroatoms. The van der Waals surface area contributed by atoms with E-state index in [0.717, 1.165) is 18.5 Å². The summed E-state index contributed by atoms with van der Waals surface area (Å²) in [4.78, 5) is 28.8. The first-order valence-corrected chi connectivity index (χ1v) is 9.16. The Balaban J connectivity index is 1.88. The van der Waals surface area contributed by atoms with Crippen LogP contribution in [0.2, 0.25) is 0 Å². The van der Waals surface area contributed by atoms with Crippen LogP contribution >= 0.6 is 0 Å².